The van der Waals surface area contributed by atoms with Crippen LogP contribution in [0.3, 0.4) is 0 Å². The third kappa shape index (κ3) is 2.53. The minimum atomic E-state index is -0.355. The Kier molecular flexibility index (Phi) is 3.42. The average Bonchev–Trinajstić information content (AvgIpc) is 3.12. The minimum Gasteiger partial charge on any atom is -0.376 e. The molecule has 1 atom stereocenters. The van der Waals surface area contributed by atoms with Gasteiger partial charge in [-0.1, -0.05) is 0 Å². The number of thiazole rings is 1. The molecule has 102 valence electrons. The molecule has 2 aromatic heterocycles. The molecule has 5 nitrogen and oxygen atoms in total. The van der Waals surface area contributed by atoms with Crippen LogP contribution < -0.4 is 5.32 Å². The van der Waals surface area contributed by atoms with Gasteiger partial charge in [-0.25, -0.2) is 19.0 Å². The van der Waals surface area contributed by atoms with Crippen molar-refractivity contribution >= 4 is 17.0 Å². The molecular weight excluding hydrogens is 277 g/mol. The molecule has 3 aromatic rings. The van der Waals surface area contributed by atoms with Gasteiger partial charge in [0.15, 0.2) is 5.82 Å². The lowest BCUT2D eigenvalue weighted by molar-refractivity contribution is 0.610. The fourth-order valence-corrected chi connectivity index (χ4v) is 2.52. The van der Waals surface area contributed by atoms with Crippen LogP contribution in [0.15, 0.2) is 42.4 Å². The molecule has 0 saturated heterocycles. The molecule has 7 heteroatoms. The van der Waals surface area contributed by atoms with E-state index in [4.69, 9.17) is 0 Å². The molecule has 0 saturated carbocycles. The van der Waals surface area contributed by atoms with Crippen LogP contribution in [0.2, 0.25) is 0 Å². The van der Waals surface area contributed by atoms with E-state index in [1.165, 1.54) is 23.4 Å². The van der Waals surface area contributed by atoms with Crippen LogP contribution in [0.5, 0.6) is 0 Å². The van der Waals surface area contributed by atoms with Crippen molar-refractivity contribution in [2.24, 2.45) is 0 Å². The quantitative estimate of drug-likeness (QED) is 0.802. The topological polar surface area (TPSA) is 55.6 Å². The van der Waals surface area contributed by atoms with E-state index in [0.29, 0.717) is 11.4 Å². The maximum atomic E-state index is 14.1. The summed E-state index contributed by atoms with van der Waals surface area (Å²) in [5.41, 5.74) is 1.07. The Labute approximate surface area is 119 Å². The zero-order chi connectivity index (χ0) is 13.9. The summed E-state index contributed by atoms with van der Waals surface area (Å²) in [4.78, 5) is 8.04. The lowest BCUT2D eigenvalue weighted by atomic mass is 10.2. The summed E-state index contributed by atoms with van der Waals surface area (Å²) in [6.07, 6.45) is 4.59. The van der Waals surface area contributed by atoms with E-state index in [1.807, 2.05) is 18.4 Å². The molecule has 0 aliphatic heterocycles. The van der Waals surface area contributed by atoms with Crippen LogP contribution in [0.4, 0.5) is 10.1 Å². The highest BCUT2D eigenvalue weighted by Crippen LogP contribution is 2.23. The van der Waals surface area contributed by atoms with Gasteiger partial charge >= 0.3 is 0 Å². The second kappa shape index (κ2) is 5.38. The second-order valence-electron chi connectivity index (χ2n) is 4.24. The van der Waals surface area contributed by atoms with Gasteiger partial charge in [0.1, 0.15) is 23.3 Å². The van der Waals surface area contributed by atoms with Crippen LogP contribution >= 0.6 is 11.3 Å². The fourth-order valence-electron chi connectivity index (χ4n) is 1.88. The molecule has 0 fully saturated rings. The van der Waals surface area contributed by atoms with Gasteiger partial charge in [-0.2, -0.15) is 5.10 Å². The first-order chi connectivity index (χ1) is 9.74. The van der Waals surface area contributed by atoms with Gasteiger partial charge in [0.05, 0.1) is 6.04 Å². The smallest absolute Gasteiger partial charge is 0.150 e. The number of benzene rings is 1. The van der Waals surface area contributed by atoms with Crippen LogP contribution in [0.25, 0.3) is 5.69 Å². The SMILES string of the molecule is CC(Nc1ccc(-n2cncn2)c(F)c1)c1nccs1. The van der Waals surface area contributed by atoms with Crippen molar-refractivity contribution in [2.75, 3.05) is 5.32 Å². The Hall–Kier alpha value is -2.28. The normalized spacial score (nSPS) is 12.3. The first kappa shape index (κ1) is 12.7. The van der Waals surface area contributed by atoms with Gasteiger partial charge in [-0.3, -0.25) is 0 Å². The third-order valence-corrected chi connectivity index (χ3v) is 3.78. The summed E-state index contributed by atoms with van der Waals surface area (Å²) in [5, 5.41) is 10.0. The van der Waals surface area contributed by atoms with E-state index in [9.17, 15) is 4.39 Å². The summed E-state index contributed by atoms with van der Waals surface area (Å²) in [7, 11) is 0. The van der Waals surface area contributed by atoms with Crippen molar-refractivity contribution in [3.05, 3.63) is 53.3 Å². The number of aromatic nitrogens is 4. The molecule has 0 spiro atoms. The van der Waals surface area contributed by atoms with E-state index in [2.05, 4.69) is 20.4 Å². The Morgan fingerprint density at radius 1 is 1.40 bits per heavy atom. The number of rotatable bonds is 4. The average molecular weight is 289 g/mol. The number of anilines is 1. The Bertz CT molecular complexity index is 681. The van der Waals surface area contributed by atoms with Gasteiger partial charge in [0, 0.05) is 17.3 Å². The number of halogens is 1. The zero-order valence-corrected chi connectivity index (χ0v) is 11.5. The Morgan fingerprint density at radius 3 is 2.95 bits per heavy atom. The molecule has 2 heterocycles. The van der Waals surface area contributed by atoms with Crippen LogP contribution in [-0.4, -0.2) is 19.7 Å². The number of nitrogens with one attached hydrogen (secondary N) is 1. The number of nitrogens with zero attached hydrogens (tertiary/aromatic N) is 4. The van der Waals surface area contributed by atoms with Crippen molar-refractivity contribution in [1.29, 1.82) is 0 Å². The van der Waals surface area contributed by atoms with E-state index >= 15 is 0 Å². The largest absolute Gasteiger partial charge is 0.376 e. The lowest BCUT2D eigenvalue weighted by Gasteiger charge is -2.13. The van der Waals surface area contributed by atoms with Crippen molar-refractivity contribution in [2.45, 2.75) is 13.0 Å². The Morgan fingerprint density at radius 2 is 2.30 bits per heavy atom. The van der Waals surface area contributed by atoms with Gasteiger partial charge in [-0.15, -0.1) is 11.3 Å². The fraction of sp³-hybridized carbons (Fsp3) is 0.154. The van der Waals surface area contributed by atoms with Crippen molar-refractivity contribution in [1.82, 2.24) is 19.7 Å². The lowest BCUT2D eigenvalue weighted by Crippen LogP contribution is -2.07. The number of hydrogen-bond donors (Lipinski definition) is 1. The highest BCUT2D eigenvalue weighted by atomic mass is 32.1. The first-order valence-corrected chi connectivity index (χ1v) is 6.92. The van der Waals surface area contributed by atoms with Crippen LogP contribution in [0.1, 0.15) is 18.0 Å². The maximum Gasteiger partial charge on any atom is 0.150 e. The molecule has 1 N–H and O–H groups in total. The predicted octanol–water partition coefficient (Wildman–Crippen LogP) is 3.04. The standard InChI is InChI=1S/C13H12FN5S/c1-9(13-16-4-5-20-13)18-10-2-3-12(11(14)6-10)19-8-15-7-17-19/h2-9,18H,1H3. The first-order valence-electron chi connectivity index (χ1n) is 6.04. The van der Waals surface area contributed by atoms with E-state index in [0.717, 1.165) is 5.01 Å². The molecule has 0 aliphatic carbocycles. The monoisotopic (exact) mass is 289 g/mol. The van der Waals surface area contributed by atoms with Crippen LogP contribution in [-0.2, 0) is 0 Å². The molecule has 0 bridgehead atoms. The van der Waals surface area contributed by atoms with Crippen molar-refractivity contribution in [3.63, 3.8) is 0 Å². The Balaban J connectivity index is 1.81. The third-order valence-electron chi connectivity index (χ3n) is 2.82. The summed E-state index contributed by atoms with van der Waals surface area (Å²) in [6, 6.07) is 4.96. The molecule has 0 radical (unpaired) electrons. The molecule has 3 rings (SSSR count). The second-order valence-corrected chi connectivity index (χ2v) is 5.17. The molecule has 0 aliphatic rings. The highest BCUT2D eigenvalue weighted by Gasteiger charge is 2.10. The maximum absolute atomic E-state index is 14.1. The molecule has 1 aromatic carbocycles. The number of hydrogen-bond acceptors (Lipinski definition) is 5. The zero-order valence-electron chi connectivity index (χ0n) is 10.7. The van der Waals surface area contributed by atoms with E-state index in [-0.39, 0.29) is 11.9 Å². The molecule has 1 unspecified atom stereocenters. The van der Waals surface area contributed by atoms with Crippen molar-refractivity contribution < 1.29 is 4.39 Å². The molecular formula is C13H12FN5S. The van der Waals surface area contributed by atoms with Gasteiger partial charge in [0.2, 0.25) is 0 Å². The van der Waals surface area contributed by atoms with Gasteiger partial charge in [0.25, 0.3) is 0 Å². The summed E-state index contributed by atoms with van der Waals surface area (Å²) < 4.78 is 15.5. The molecule has 20 heavy (non-hydrogen) atoms. The summed E-state index contributed by atoms with van der Waals surface area (Å²) >= 11 is 1.57. The predicted molar refractivity (Wildman–Crippen MR) is 75.5 cm³/mol. The van der Waals surface area contributed by atoms with Crippen LogP contribution in [0, 0.1) is 5.82 Å². The van der Waals surface area contributed by atoms with Gasteiger partial charge < -0.3 is 5.32 Å². The highest BCUT2D eigenvalue weighted by molar-refractivity contribution is 7.09. The van der Waals surface area contributed by atoms with Gasteiger partial charge in [-0.05, 0) is 25.1 Å². The van der Waals surface area contributed by atoms with E-state index in [1.54, 1.807) is 23.6 Å². The molecule has 0 amide bonds. The summed E-state index contributed by atoms with van der Waals surface area (Å²) in [5.74, 6) is -0.355. The van der Waals surface area contributed by atoms with E-state index < -0.39 is 0 Å². The minimum absolute atomic E-state index is 0.0339. The summed E-state index contributed by atoms with van der Waals surface area (Å²) in [6.45, 7) is 1.99. The van der Waals surface area contributed by atoms with Crippen molar-refractivity contribution in [3.8, 4) is 5.69 Å².